The maximum atomic E-state index is 6.19. The van der Waals surface area contributed by atoms with Gasteiger partial charge in [0, 0.05) is 17.7 Å². The van der Waals surface area contributed by atoms with Crippen LogP contribution in [0, 0.1) is 5.92 Å². The van der Waals surface area contributed by atoms with Crippen molar-refractivity contribution in [2.75, 3.05) is 6.61 Å². The molecule has 2 N–H and O–H groups in total. The largest absolute Gasteiger partial charge is 0.376 e. The third-order valence-corrected chi connectivity index (χ3v) is 3.65. The fraction of sp³-hybridized carbons (Fsp3) is 0.538. The lowest BCUT2D eigenvalue weighted by molar-refractivity contribution is 0.0726. The van der Waals surface area contributed by atoms with Gasteiger partial charge in [0.05, 0.1) is 6.10 Å². The predicted octanol–water partition coefficient (Wildman–Crippen LogP) is 2.63. The van der Waals surface area contributed by atoms with Gasteiger partial charge in [-0.1, -0.05) is 36.7 Å². The Morgan fingerprint density at radius 3 is 2.88 bits per heavy atom. The molecule has 0 radical (unpaired) electrons. The quantitative estimate of drug-likeness (QED) is 0.880. The van der Waals surface area contributed by atoms with E-state index in [4.69, 9.17) is 22.1 Å². The summed E-state index contributed by atoms with van der Waals surface area (Å²) in [5.41, 5.74) is 7.30. The molecule has 16 heavy (non-hydrogen) atoms. The van der Waals surface area contributed by atoms with E-state index in [9.17, 15) is 0 Å². The zero-order valence-electron chi connectivity index (χ0n) is 9.53. The number of benzene rings is 1. The molecule has 3 heteroatoms. The maximum absolute atomic E-state index is 6.19. The Kier molecular flexibility index (Phi) is 3.85. The summed E-state index contributed by atoms with van der Waals surface area (Å²) < 4.78 is 5.67. The second kappa shape index (κ2) is 5.17. The number of hydrogen-bond acceptors (Lipinski definition) is 2. The highest BCUT2D eigenvalue weighted by Gasteiger charge is 2.29. The lowest BCUT2D eigenvalue weighted by Crippen LogP contribution is -2.39. The Morgan fingerprint density at radius 2 is 2.25 bits per heavy atom. The molecule has 3 unspecified atom stereocenters. The summed E-state index contributed by atoms with van der Waals surface area (Å²) >= 11 is 6.12. The smallest absolute Gasteiger partial charge is 0.0755 e. The second-order valence-electron chi connectivity index (χ2n) is 4.56. The van der Waals surface area contributed by atoms with Gasteiger partial charge >= 0.3 is 0 Å². The van der Waals surface area contributed by atoms with E-state index in [1.165, 1.54) is 0 Å². The van der Waals surface area contributed by atoms with E-state index in [2.05, 4.69) is 6.92 Å². The van der Waals surface area contributed by atoms with Crippen LogP contribution in [0.15, 0.2) is 24.3 Å². The van der Waals surface area contributed by atoms with Crippen LogP contribution in [-0.2, 0) is 11.2 Å². The highest BCUT2D eigenvalue weighted by Crippen LogP contribution is 2.25. The average molecular weight is 240 g/mol. The van der Waals surface area contributed by atoms with Crippen LogP contribution in [0.2, 0.25) is 5.02 Å². The molecular formula is C13H18ClNO. The van der Waals surface area contributed by atoms with E-state index in [-0.39, 0.29) is 12.1 Å². The Bertz CT molecular complexity index is 356. The van der Waals surface area contributed by atoms with Crippen LogP contribution in [-0.4, -0.2) is 18.8 Å². The first kappa shape index (κ1) is 11.9. The number of rotatable bonds is 3. The molecule has 1 saturated heterocycles. The molecule has 0 aromatic heterocycles. The zero-order valence-corrected chi connectivity index (χ0v) is 10.3. The van der Waals surface area contributed by atoms with E-state index in [0.29, 0.717) is 5.92 Å². The molecule has 0 aliphatic carbocycles. The molecule has 1 heterocycles. The SMILES string of the molecule is CC1CCOC1C(N)Cc1ccccc1Cl. The van der Waals surface area contributed by atoms with E-state index < -0.39 is 0 Å². The molecule has 1 fully saturated rings. The molecule has 0 bridgehead atoms. The molecule has 3 atom stereocenters. The highest BCUT2D eigenvalue weighted by molar-refractivity contribution is 6.31. The van der Waals surface area contributed by atoms with Crippen molar-refractivity contribution in [3.8, 4) is 0 Å². The molecule has 1 aromatic carbocycles. The van der Waals surface area contributed by atoms with Gasteiger partial charge in [-0.3, -0.25) is 0 Å². The van der Waals surface area contributed by atoms with Gasteiger partial charge in [0.1, 0.15) is 0 Å². The lowest BCUT2D eigenvalue weighted by atomic mass is 9.93. The third-order valence-electron chi connectivity index (χ3n) is 3.28. The molecule has 1 aromatic rings. The molecule has 1 aliphatic heterocycles. The minimum atomic E-state index is 0.0393. The molecule has 2 rings (SSSR count). The minimum absolute atomic E-state index is 0.0393. The molecule has 88 valence electrons. The van der Waals surface area contributed by atoms with E-state index in [0.717, 1.165) is 30.0 Å². The van der Waals surface area contributed by atoms with Gasteiger partial charge < -0.3 is 10.5 Å². The van der Waals surface area contributed by atoms with Crippen LogP contribution in [0.4, 0.5) is 0 Å². The molecular weight excluding hydrogens is 222 g/mol. The Morgan fingerprint density at radius 1 is 1.50 bits per heavy atom. The third kappa shape index (κ3) is 2.57. The standard InChI is InChI=1S/C13H18ClNO/c1-9-6-7-16-13(9)12(15)8-10-4-2-3-5-11(10)14/h2-5,9,12-13H,6-8,15H2,1H3. The number of hydrogen-bond donors (Lipinski definition) is 1. The van der Waals surface area contributed by atoms with Gasteiger partial charge in [-0.25, -0.2) is 0 Å². The van der Waals surface area contributed by atoms with E-state index in [1.807, 2.05) is 24.3 Å². The van der Waals surface area contributed by atoms with Gasteiger partial charge in [0.25, 0.3) is 0 Å². The predicted molar refractivity (Wildman–Crippen MR) is 66.7 cm³/mol. The van der Waals surface area contributed by atoms with Crippen molar-refractivity contribution >= 4 is 11.6 Å². The average Bonchev–Trinajstić information content (AvgIpc) is 2.68. The first-order valence-corrected chi connectivity index (χ1v) is 6.17. The van der Waals surface area contributed by atoms with Crippen LogP contribution >= 0.6 is 11.6 Å². The van der Waals surface area contributed by atoms with Crippen LogP contribution in [0.1, 0.15) is 18.9 Å². The normalized spacial score (nSPS) is 26.9. The number of nitrogens with two attached hydrogens (primary N) is 1. The van der Waals surface area contributed by atoms with E-state index in [1.54, 1.807) is 0 Å². The maximum Gasteiger partial charge on any atom is 0.0755 e. The Labute approximate surface area is 102 Å². The van der Waals surface area contributed by atoms with Gasteiger partial charge in [0.15, 0.2) is 0 Å². The number of halogens is 1. The van der Waals surface area contributed by atoms with Crippen molar-refractivity contribution in [1.29, 1.82) is 0 Å². The molecule has 0 amide bonds. The molecule has 0 spiro atoms. The van der Waals surface area contributed by atoms with Crippen molar-refractivity contribution < 1.29 is 4.74 Å². The fourth-order valence-electron chi connectivity index (χ4n) is 2.30. The van der Waals surface area contributed by atoms with Gasteiger partial charge in [-0.05, 0) is 30.4 Å². The highest BCUT2D eigenvalue weighted by atomic mass is 35.5. The van der Waals surface area contributed by atoms with Crippen LogP contribution in [0.3, 0.4) is 0 Å². The van der Waals surface area contributed by atoms with Gasteiger partial charge in [-0.15, -0.1) is 0 Å². The van der Waals surface area contributed by atoms with Crippen molar-refractivity contribution in [3.05, 3.63) is 34.9 Å². The van der Waals surface area contributed by atoms with Crippen molar-refractivity contribution in [3.63, 3.8) is 0 Å². The summed E-state index contributed by atoms with van der Waals surface area (Å²) in [4.78, 5) is 0. The van der Waals surface area contributed by atoms with Crippen LogP contribution < -0.4 is 5.73 Å². The first-order chi connectivity index (χ1) is 7.68. The van der Waals surface area contributed by atoms with Crippen molar-refractivity contribution in [2.45, 2.75) is 31.9 Å². The lowest BCUT2D eigenvalue weighted by Gasteiger charge is -2.22. The van der Waals surface area contributed by atoms with E-state index >= 15 is 0 Å². The Balaban J connectivity index is 2.02. The molecule has 1 aliphatic rings. The summed E-state index contributed by atoms with van der Waals surface area (Å²) in [6.45, 7) is 3.03. The topological polar surface area (TPSA) is 35.2 Å². The summed E-state index contributed by atoms with van der Waals surface area (Å²) in [6.07, 6.45) is 2.08. The van der Waals surface area contributed by atoms with Crippen molar-refractivity contribution in [2.24, 2.45) is 11.7 Å². The summed E-state index contributed by atoms with van der Waals surface area (Å²) in [6, 6.07) is 7.90. The number of ether oxygens (including phenoxy) is 1. The molecule has 2 nitrogen and oxygen atoms in total. The second-order valence-corrected chi connectivity index (χ2v) is 4.97. The summed E-state index contributed by atoms with van der Waals surface area (Å²) in [7, 11) is 0. The van der Waals surface area contributed by atoms with Crippen molar-refractivity contribution in [1.82, 2.24) is 0 Å². The first-order valence-electron chi connectivity index (χ1n) is 5.79. The summed E-state index contributed by atoms with van der Waals surface area (Å²) in [5, 5.41) is 0.795. The minimum Gasteiger partial charge on any atom is -0.376 e. The molecule has 0 saturated carbocycles. The summed E-state index contributed by atoms with van der Waals surface area (Å²) in [5.74, 6) is 0.553. The van der Waals surface area contributed by atoms with Crippen LogP contribution in [0.5, 0.6) is 0 Å². The fourth-order valence-corrected chi connectivity index (χ4v) is 2.51. The Hall–Kier alpha value is -0.570. The zero-order chi connectivity index (χ0) is 11.5. The van der Waals surface area contributed by atoms with Crippen LogP contribution in [0.25, 0.3) is 0 Å². The van der Waals surface area contributed by atoms with Gasteiger partial charge in [0.2, 0.25) is 0 Å². The van der Waals surface area contributed by atoms with Gasteiger partial charge in [-0.2, -0.15) is 0 Å². The monoisotopic (exact) mass is 239 g/mol.